The molecule has 1 fully saturated rings. The van der Waals surface area contributed by atoms with Gasteiger partial charge in [0.25, 0.3) is 0 Å². The molecule has 2 aliphatic rings. The standard InChI is InChI=1S/C22H34N2O6/c25-19-11-3-4-12-20(26)24-15-9-10-18(24)22(28)30-17-8-2-1-7-16-29-21(27)13-5-6-14-23-19/h1-2,18H,3-17H2,(H,23,25)/q+1. The average molecular weight is 423 g/mol. The molecule has 30 heavy (non-hydrogen) atoms. The molecule has 8 heteroatoms. The number of carbonyl (C=O) groups excluding carboxylic acids is 4. The van der Waals surface area contributed by atoms with Gasteiger partial charge in [0, 0.05) is 32.2 Å². The molecule has 2 rings (SSSR count). The van der Waals surface area contributed by atoms with Crippen molar-refractivity contribution < 1.29 is 28.7 Å². The molecule has 2 heterocycles. The molecular weight excluding hydrogens is 388 g/mol. The number of esters is 2. The summed E-state index contributed by atoms with van der Waals surface area (Å²) < 4.78 is 10.5. The Labute approximate surface area is 178 Å². The monoisotopic (exact) mass is 422 g/mol. The summed E-state index contributed by atoms with van der Waals surface area (Å²) in [7, 11) is 0. The van der Waals surface area contributed by atoms with Crippen molar-refractivity contribution in [2.75, 3.05) is 26.3 Å². The van der Waals surface area contributed by atoms with Crippen LogP contribution in [0.4, 0.5) is 0 Å². The van der Waals surface area contributed by atoms with Gasteiger partial charge in [-0.3, -0.25) is 9.59 Å². The van der Waals surface area contributed by atoms with Crippen molar-refractivity contribution in [1.82, 2.24) is 10.2 Å². The minimum atomic E-state index is -0.495. The maximum absolute atomic E-state index is 12.5. The fourth-order valence-corrected chi connectivity index (χ4v) is 3.60. The van der Waals surface area contributed by atoms with Crippen LogP contribution in [0.2, 0.25) is 0 Å². The molecule has 2 aliphatic heterocycles. The van der Waals surface area contributed by atoms with Crippen LogP contribution in [0.1, 0.15) is 70.6 Å². The van der Waals surface area contributed by atoms with Crippen molar-refractivity contribution in [3.63, 3.8) is 0 Å². The second kappa shape index (κ2) is 13.9. The molecule has 8 nitrogen and oxygen atoms in total. The van der Waals surface area contributed by atoms with Gasteiger partial charge >= 0.3 is 17.8 Å². The van der Waals surface area contributed by atoms with E-state index in [2.05, 4.69) is 5.32 Å². The van der Waals surface area contributed by atoms with Crippen molar-refractivity contribution in [1.29, 1.82) is 0 Å². The molecule has 0 spiro atoms. The lowest BCUT2D eigenvalue weighted by molar-refractivity contribution is -0.149. The topological polar surface area (TPSA) is 105 Å². The Balaban J connectivity index is 1.84. The van der Waals surface area contributed by atoms with E-state index in [4.69, 9.17) is 9.47 Å². The van der Waals surface area contributed by atoms with Gasteiger partial charge < -0.3 is 14.8 Å². The number of hydrogen-bond acceptors (Lipinski definition) is 6. The van der Waals surface area contributed by atoms with Crippen molar-refractivity contribution in [2.45, 2.75) is 76.7 Å². The number of rotatable bonds is 0. The smallest absolute Gasteiger partial charge is 0.370 e. The number of nitrogens with zero attached hydrogens (tertiary/aromatic N) is 1. The highest BCUT2D eigenvalue weighted by Gasteiger charge is 2.45. The Morgan fingerprint density at radius 3 is 2.33 bits per heavy atom. The van der Waals surface area contributed by atoms with E-state index in [0.29, 0.717) is 77.5 Å². The molecule has 0 aromatic heterocycles. The number of hydrogen-bond donors (Lipinski definition) is 1. The summed E-state index contributed by atoms with van der Waals surface area (Å²) in [6.45, 7) is 1.71. The molecule has 0 aliphatic carbocycles. The van der Waals surface area contributed by atoms with Crippen LogP contribution in [0.5, 0.6) is 0 Å². The third-order valence-electron chi connectivity index (χ3n) is 5.26. The molecule has 167 valence electrons. The highest BCUT2D eigenvalue weighted by Crippen LogP contribution is 2.18. The summed E-state index contributed by atoms with van der Waals surface area (Å²) in [6, 6.07) is -0.495. The van der Waals surface area contributed by atoms with E-state index in [1.165, 1.54) is 0 Å². The van der Waals surface area contributed by atoms with E-state index >= 15 is 0 Å². The van der Waals surface area contributed by atoms with E-state index in [0.717, 1.165) is 12.8 Å². The molecule has 0 bridgehead atoms. The lowest BCUT2D eigenvalue weighted by Crippen LogP contribution is -2.46. The summed E-state index contributed by atoms with van der Waals surface area (Å²) in [5.74, 6) is -0.663. The molecule has 1 atom stereocenters. The first-order chi connectivity index (χ1) is 14.6. The largest absolute Gasteiger partial charge is 0.465 e. The van der Waals surface area contributed by atoms with E-state index in [1.54, 1.807) is 4.90 Å². The van der Waals surface area contributed by atoms with Crippen molar-refractivity contribution in [3.8, 4) is 0 Å². The van der Waals surface area contributed by atoms with E-state index in [-0.39, 0.29) is 30.4 Å². The maximum Gasteiger partial charge on any atom is 0.370 e. The fraction of sp³-hybridized carbons (Fsp3) is 0.727. The first kappa shape index (κ1) is 24.1. The Morgan fingerprint density at radius 2 is 1.53 bits per heavy atom. The normalized spacial score (nSPS) is 25.1. The van der Waals surface area contributed by atoms with Crippen LogP contribution >= 0.6 is 0 Å². The summed E-state index contributed by atoms with van der Waals surface area (Å²) in [4.78, 5) is 50.0. The van der Waals surface area contributed by atoms with E-state index < -0.39 is 6.04 Å². The predicted molar refractivity (Wildman–Crippen MR) is 111 cm³/mol. The van der Waals surface area contributed by atoms with Crippen LogP contribution in [0, 0.1) is 0 Å². The van der Waals surface area contributed by atoms with E-state index in [1.807, 2.05) is 12.2 Å². The quantitative estimate of drug-likeness (QED) is 0.364. The summed E-state index contributed by atoms with van der Waals surface area (Å²) in [6.07, 6.45) is 10.1. The van der Waals surface area contributed by atoms with Gasteiger partial charge in [0.1, 0.15) is 6.54 Å². The second-order valence-corrected chi connectivity index (χ2v) is 7.70. The van der Waals surface area contributed by atoms with Crippen LogP contribution in [-0.4, -0.2) is 56.1 Å². The molecule has 1 unspecified atom stereocenters. The summed E-state index contributed by atoms with van der Waals surface area (Å²) in [5.41, 5.74) is 0. The molecular formula is C22H34N2O6+. The molecule has 1 radical (unpaired) electrons. The van der Waals surface area contributed by atoms with Gasteiger partial charge in [0.2, 0.25) is 11.9 Å². The molecule has 1 saturated heterocycles. The van der Waals surface area contributed by atoms with Gasteiger partial charge in [-0.05, 0) is 38.5 Å². The van der Waals surface area contributed by atoms with Gasteiger partial charge in [-0.25, -0.2) is 9.59 Å². The van der Waals surface area contributed by atoms with Gasteiger partial charge in [0.05, 0.1) is 19.6 Å². The van der Waals surface area contributed by atoms with Gasteiger partial charge in [-0.2, -0.15) is 0 Å². The number of carbonyl (C=O) groups is 4. The molecule has 0 saturated carbocycles. The zero-order valence-corrected chi connectivity index (χ0v) is 17.7. The average Bonchev–Trinajstić information content (AvgIpc) is 3.22. The minimum absolute atomic E-state index is 0.0437. The lowest BCUT2D eigenvalue weighted by Gasteiger charge is -2.12. The number of amides is 2. The number of cyclic esters (lactones) is 2. The third kappa shape index (κ3) is 9.07. The summed E-state index contributed by atoms with van der Waals surface area (Å²) in [5, 5.41) is 2.84. The Morgan fingerprint density at radius 1 is 0.833 bits per heavy atom. The highest BCUT2D eigenvalue weighted by molar-refractivity contribution is 5.87. The minimum Gasteiger partial charge on any atom is -0.465 e. The first-order valence-electron chi connectivity index (χ1n) is 11.1. The van der Waals surface area contributed by atoms with E-state index in [9.17, 15) is 19.2 Å². The van der Waals surface area contributed by atoms with Gasteiger partial charge in [-0.15, -0.1) is 0 Å². The van der Waals surface area contributed by atoms with Crippen LogP contribution in [0.15, 0.2) is 12.2 Å². The zero-order chi connectivity index (χ0) is 21.6. The number of nitrogens with one attached hydrogen (secondary N) is 1. The van der Waals surface area contributed by atoms with Crippen LogP contribution in [0.3, 0.4) is 0 Å². The molecule has 1 N–H and O–H groups in total. The molecule has 2 amide bonds. The van der Waals surface area contributed by atoms with Gasteiger partial charge in [0.15, 0.2) is 0 Å². The van der Waals surface area contributed by atoms with Crippen molar-refractivity contribution >= 4 is 23.8 Å². The fourth-order valence-electron chi connectivity index (χ4n) is 3.60. The highest BCUT2D eigenvalue weighted by atomic mass is 16.5. The Bertz CT molecular complexity index is 619. The Hall–Kier alpha value is -2.22. The molecule has 0 aromatic carbocycles. The number of ether oxygens (including phenoxy) is 2. The van der Waals surface area contributed by atoms with Gasteiger partial charge in [-0.1, -0.05) is 17.1 Å². The van der Waals surface area contributed by atoms with Crippen molar-refractivity contribution in [2.24, 2.45) is 0 Å². The maximum atomic E-state index is 12.5. The third-order valence-corrected chi connectivity index (χ3v) is 5.26. The SMILES string of the molecule is O=C1CCCCC(=O)[N+]2CCCC2C(=O)OCCC=CCCOC(=O)CCCCN1. The second-order valence-electron chi connectivity index (χ2n) is 7.70. The van der Waals surface area contributed by atoms with Crippen molar-refractivity contribution in [3.05, 3.63) is 12.2 Å². The Kier molecular flexibility index (Phi) is 11.1. The first-order valence-corrected chi connectivity index (χ1v) is 11.1. The predicted octanol–water partition coefficient (Wildman–Crippen LogP) is 2.10. The summed E-state index contributed by atoms with van der Waals surface area (Å²) >= 11 is 0. The zero-order valence-electron chi connectivity index (χ0n) is 17.7. The van der Waals surface area contributed by atoms with Crippen LogP contribution in [-0.2, 0) is 28.7 Å². The van der Waals surface area contributed by atoms with Crippen LogP contribution in [0.25, 0.3) is 0 Å². The lowest BCUT2D eigenvalue weighted by atomic mass is 10.1. The molecule has 0 aromatic rings. The number of fused-ring (bicyclic) bond motifs is 1. The van der Waals surface area contributed by atoms with Crippen LogP contribution < -0.4 is 10.2 Å².